The lowest BCUT2D eigenvalue weighted by Gasteiger charge is -2.19. The number of rotatable bonds is 18. The van der Waals surface area contributed by atoms with Crippen LogP contribution in [0.1, 0.15) is 118 Å². The van der Waals surface area contributed by atoms with Crippen LogP contribution in [-0.2, 0) is 0 Å². The van der Waals surface area contributed by atoms with Crippen LogP contribution < -0.4 is 0 Å². The van der Waals surface area contributed by atoms with E-state index in [-0.39, 0.29) is 6.02 Å². The molecular formula is C22H48Si. The molecule has 0 radical (unpaired) electrons. The van der Waals surface area contributed by atoms with E-state index in [0.29, 0.717) is 0 Å². The van der Waals surface area contributed by atoms with Crippen LogP contribution >= 0.6 is 0 Å². The molecule has 0 fully saturated rings. The van der Waals surface area contributed by atoms with Crippen LogP contribution in [0.15, 0.2) is 0 Å². The van der Waals surface area contributed by atoms with Gasteiger partial charge in [0.15, 0.2) is 0 Å². The fraction of sp³-hybridized carbons (Fsp3) is 1.00. The molecule has 1 unspecified atom stereocenters. The van der Waals surface area contributed by atoms with Gasteiger partial charge in [0.2, 0.25) is 0 Å². The summed E-state index contributed by atoms with van der Waals surface area (Å²) in [5, 5.41) is 0. The van der Waals surface area contributed by atoms with Gasteiger partial charge in [-0.05, 0) is 0 Å². The van der Waals surface area contributed by atoms with Crippen molar-refractivity contribution in [3.05, 3.63) is 0 Å². The Balaban J connectivity index is 3.13. The molecule has 0 nitrogen and oxygen atoms in total. The first-order chi connectivity index (χ1) is 11.5. The zero-order chi connectivity index (χ0) is 18.1. The molecule has 0 aromatic heterocycles. The molecule has 23 heavy (non-hydrogen) atoms. The molecule has 0 saturated carbocycles. The summed E-state index contributed by atoms with van der Waals surface area (Å²) in [6.45, 7) is 9.16. The van der Waals surface area contributed by atoms with Crippen molar-refractivity contribution in [1.82, 2.24) is 0 Å². The van der Waals surface area contributed by atoms with Gasteiger partial charge in [0, 0.05) is 9.44 Å². The van der Waals surface area contributed by atoms with E-state index in [1.165, 1.54) is 109 Å². The minimum Gasteiger partial charge on any atom is -0.0694 e. The maximum Gasteiger partial charge on any atom is 0.0471 e. The van der Waals surface area contributed by atoms with Crippen LogP contribution in [0.4, 0.5) is 0 Å². The minimum absolute atomic E-state index is 0.203. The maximum absolute atomic E-state index is 7.93. The Morgan fingerprint density at radius 2 is 0.826 bits per heavy atom. The molecule has 0 spiro atoms. The van der Waals surface area contributed by atoms with Crippen LogP contribution in [0.5, 0.6) is 0 Å². The summed E-state index contributed by atoms with van der Waals surface area (Å²) in [4.78, 5) is 0. The molecule has 0 saturated heterocycles. The van der Waals surface area contributed by atoms with Crippen molar-refractivity contribution in [1.29, 1.82) is 0 Å². The molecule has 140 valence electrons. The Bertz CT molecular complexity index is 250. The van der Waals surface area contributed by atoms with E-state index in [1.54, 1.807) is 0 Å². The molecular weight excluding hydrogens is 292 g/mol. The van der Waals surface area contributed by atoms with Crippen molar-refractivity contribution in [2.24, 2.45) is 0 Å². The average molecular weight is 342 g/mol. The molecule has 0 aromatic carbocycles. The van der Waals surface area contributed by atoms with Crippen LogP contribution in [0.2, 0.25) is 25.2 Å². The van der Waals surface area contributed by atoms with Gasteiger partial charge < -0.3 is 0 Å². The zero-order valence-electron chi connectivity index (χ0n) is 18.1. The van der Waals surface area contributed by atoms with Gasteiger partial charge in [-0.15, -0.1) is 0 Å². The van der Waals surface area contributed by atoms with Crippen molar-refractivity contribution in [2.75, 3.05) is 0 Å². The van der Waals surface area contributed by atoms with Crippen molar-refractivity contribution >= 4 is 8.07 Å². The highest BCUT2D eigenvalue weighted by molar-refractivity contribution is 6.77. The Morgan fingerprint density at radius 3 is 1.13 bits per heavy atom. The second-order valence-electron chi connectivity index (χ2n) is 8.33. The van der Waals surface area contributed by atoms with Gasteiger partial charge in [-0.1, -0.05) is 142 Å². The molecule has 0 bridgehead atoms. The SMILES string of the molecule is [2H]C(C)[Si](C)(C)CCCCCCCCCCCCCCCCCC. The first-order valence-electron chi connectivity index (χ1n) is 11.5. The quantitative estimate of drug-likeness (QED) is 0.172. The molecule has 0 N–H and O–H groups in total. The Hall–Kier alpha value is 0.217. The second kappa shape index (κ2) is 17.1. The topological polar surface area (TPSA) is 0 Å². The van der Waals surface area contributed by atoms with Gasteiger partial charge in [-0.3, -0.25) is 0 Å². The van der Waals surface area contributed by atoms with E-state index >= 15 is 0 Å². The molecule has 0 amide bonds. The summed E-state index contributed by atoms with van der Waals surface area (Å²) >= 11 is 0. The first-order valence-corrected chi connectivity index (χ1v) is 14.2. The maximum atomic E-state index is 7.93. The Kier molecular flexibility index (Phi) is 15.8. The molecule has 0 rings (SSSR count). The standard InChI is InChI=1S/C22H48Si/c1-5-7-8-9-10-11-12-13-14-15-16-17-18-19-20-21-22-23(3,4)6-2/h5-22H2,1-4H3/i6D. The predicted molar refractivity (Wildman–Crippen MR) is 112 cm³/mol. The zero-order valence-corrected chi connectivity index (χ0v) is 18.1. The summed E-state index contributed by atoms with van der Waals surface area (Å²) in [7, 11) is -1.22. The third-order valence-electron chi connectivity index (χ3n) is 5.46. The monoisotopic (exact) mass is 341 g/mol. The second-order valence-corrected chi connectivity index (χ2v) is 13.4. The molecule has 0 aliphatic heterocycles. The lowest BCUT2D eigenvalue weighted by atomic mass is 10.0. The lowest BCUT2D eigenvalue weighted by molar-refractivity contribution is 0.531. The largest absolute Gasteiger partial charge is 0.0694 e. The van der Waals surface area contributed by atoms with E-state index in [4.69, 9.17) is 1.37 Å². The summed E-state index contributed by atoms with van der Waals surface area (Å²) in [6.07, 6.45) is 23.1. The molecule has 0 aromatic rings. The van der Waals surface area contributed by atoms with Gasteiger partial charge in [-0.25, -0.2) is 0 Å². The highest BCUT2D eigenvalue weighted by Crippen LogP contribution is 2.19. The average Bonchev–Trinajstić information content (AvgIpc) is 2.54. The van der Waals surface area contributed by atoms with Crippen LogP contribution in [0.3, 0.4) is 0 Å². The predicted octanol–water partition coefficient (Wildman–Crippen LogP) is 8.98. The van der Waals surface area contributed by atoms with E-state index in [0.717, 1.165) is 0 Å². The third kappa shape index (κ3) is 18.4. The van der Waals surface area contributed by atoms with Gasteiger partial charge in [0.25, 0.3) is 0 Å². The fourth-order valence-corrected chi connectivity index (χ4v) is 4.72. The smallest absolute Gasteiger partial charge is 0.0471 e. The Morgan fingerprint density at radius 1 is 0.522 bits per heavy atom. The summed E-state index contributed by atoms with van der Waals surface area (Å²) in [6, 6.07) is 1.56. The fourth-order valence-electron chi connectivity index (χ4n) is 3.27. The van der Waals surface area contributed by atoms with Crippen molar-refractivity contribution in [3.63, 3.8) is 0 Å². The first kappa shape index (κ1) is 21.3. The van der Waals surface area contributed by atoms with E-state index < -0.39 is 8.07 Å². The molecule has 0 heterocycles. The van der Waals surface area contributed by atoms with E-state index in [9.17, 15) is 0 Å². The normalized spacial score (nSPS) is 14.0. The minimum atomic E-state index is -1.22. The van der Waals surface area contributed by atoms with Crippen LogP contribution in [-0.4, -0.2) is 8.07 Å². The summed E-state index contributed by atoms with van der Waals surface area (Å²) in [5.74, 6) is 0. The van der Waals surface area contributed by atoms with E-state index in [1.807, 2.05) is 0 Å². The number of hydrogen-bond acceptors (Lipinski definition) is 0. The highest BCUT2D eigenvalue weighted by Gasteiger charge is 2.16. The van der Waals surface area contributed by atoms with Crippen LogP contribution in [0, 0.1) is 0 Å². The Labute approximate surface area is 151 Å². The van der Waals surface area contributed by atoms with Crippen molar-refractivity contribution in [3.8, 4) is 0 Å². The van der Waals surface area contributed by atoms with Gasteiger partial charge in [-0.2, -0.15) is 0 Å². The molecule has 0 aliphatic carbocycles. The molecule has 1 atom stereocenters. The molecule has 1 heteroatoms. The van der Waals surface area contributed by atoms with Crippen LogP contribution in [0.25, 0.3) is 0 Å². The van der Waals surface area contributed by atoms with Crippen molar-refractivity contribution < 1.29 is 1.37 Å². The van der Waals surface area contributed by atoms with Gasteiger partial charge in [0.1, 0.15) is 0 Å². The number of unbranched alkanes of at least 4 members (excludes halogenated alkanes) is 15. The summed E-state index contributed by atoms with van der Waals surface area (Å²) < 4.78 is 7.93. The highest BCUT2D eigenvalue weighted by atomic mass is 28.3. The van der Waals surface area contributed by atoms with Gasteiger partial charge >= 0.3 is 0 Å². The number of hydrogen-bond donors (Lipinski definition) is 0. The third-order valence-corrected chi connectivity index (χ3v) is 8.66. The lowest BCUT2D eigenvalue weighted by Crippen LogP contribution is -2.22. The van der Waals surface area contributed by atoms with Crippen molar-refractivity contribution in [2.45, 2.75) is 142 Å². The van der Waals surface area contributed by atoms with E-state index in [2.05, 4.69) is 26.9 Å². The summed E-state index contributed by atoms with van der Waals surface area (Å²) in [5.41, 5.74) is 0. The van der Waals surface area contributed by atoms with Gasteiger partial charge in [0.05, 0.1) is 0 Å². The molecule has 0 aliphatic rings.